The lowest BCUT2D eigenvalue weighted by molar-refractivity contribution is 0.194. The summed E-state index contributed by atoms with van der Waals surface area (Å²) >= 11 is 0. The smallest absolute Gasteiger partial charge is 0.213 e. The van der Waals surface area contributed by atoms with Gasteiger partial charge in [-0.15, -0.1) is 0 Å². The summed E-state index contributed by atoms with van der Waals surface area (Å²) in [5.41, 5.74) is 1.03. The number of ether oxygens (including phenoxy) is 2. The number of nitrogens with one attached hydrogen (secondary N) is 1. The second-order valence-corrected chi connectivity index (χ2v) is 3.44. The van der Waals surface area contributed by atoms with Crippen LogP contribution >= 0.6 is 0 Å². The highest BCUT2D eigenvalue weighted by atomic mass is 16.5. The maximum Gasteiger partial charge on any atom is 0.213 e. The molecule has 0 aliphatic heterocycles. The van der Waals surface area contributed by atoms with E-state index in [0.29, 0.717) is 12.5 Å². The summed E-state index contributed by atoms with van der Waals surface area (Å²) in [5, 5.41) is 3.30. The molecule has 16 heavy (non-hydrogen) atoms. The summed E-state index contributed by atoms with van der Waals surface area (Å²) in [4.78, 5) is 4.17. The Hall–Kier alpha value is -1.29. The highest BCUT2D eigenvalue weighted by molar-refractivity contribution is 5.41. The van der Waals surface area contributed by atoms with E-state index in [0.717, 1.165) is 31.7 Å². The van der Waals surface area contributed by atoms with E-state index in [1.165, 1.54) is 0 Å². The van der Waals surface area contributed by atoms with E-state index in [-0.39, 0.29) is 0 Å². The number of anilines is 1. The highest BCUT2D eigenvalue weighted by Gasteiger charge is 1.95. The van der Waals surface area contributed by atoms with Gasteiger partial charge < -0.3 is 14.8 Å². The van der Waals surface area contributed by atoms with Crippen molar-refractivity contribution in [1.82, 2.24) is 4.98 Å². The van der Waals surface area contributed by atoms with E-state index in [2.05, 4.69) is 10.3 Å². The monoisotopic (exact) mass is 224 g/mol. The van der Waals surface area contributed by atoms with Crippen molar-refractivity contribution in [2.24, 2.45) is 0 Å². The summed E-state index contributed by atoms with van der Waals surface area (Å²) in [6, 6.07) is 3.86. The quantitative estimate of drug-likeness (QED) is 0.688. The van der Waals surface area contributed by atoms with E-state index < -0.39 is 0 Å². The van der Waals surface area contributed by atoms with Gasteiger partial charge in [0.15, 0.2) is 0 Å². The van der Waals surface area contributed by atoms with Gasteiger partial charge in [-0.3, -0.25) is 0 Å². The Kier molecular flexibility index (Phi) is 6.33. The second kappa shape index (κ2) is 7.93. The molecule has 0 radical (unpaired) electrons. The minimum atomic E-state index is 0.650. The Morgan fingerprint density at radius 1 is 1.31 bits per heavy atom. The Morgan fingerprint density at radius 3 is 2.81 bits per heavy atom. The first-order valence-corrected chi connectivity index (χ1v) is 5.68. The van der Waals surface area contributed by atoms with E-state index in [1.807, 2.05) is 19.1 Å². The van der Waals surface area contributed by atoms with Crippen LogP contribution < -0.4 is 10.1 Å². The predicted octanol–water partition coefficient (Wildman–Crippen LogP) is 2.32. The van der Waals surface area contributed by atoms with Crippen molar-refractivity contribution in [3.63, 3.8) is 0 Å². The van der Waals surface area contributed by atoms with Crippen LogP contribution in [0.25, 0.3) is 0 Å². The summed E-state index contributed by atoms with van der Waals surface area (Å²) in [6.45, 7) is 4.36. The molecule has 0 aliphatic rings. The summed E-state index contributed by atoms with van der Waals surface area (Å²) < 4.78 is 10.2. The molecule has 0 amide bonds. The fourth-order valence-electron chi connectivity index (χ4n) is 1.32. The number of hydrogen-bond acceptors (Lipinski definition) is 4. The van der Waals surface area contributed by atoms with Gasteiger partial charge >= 0.3 is 0 Å². The first-order valence-electron chi connectivity index (χ1n) is 5.68. The topological polar surface area (TPSA) is 43.4 Å². The fourth-order valence-corrected chi connectivity index (χ4v) is 1.32. The van der Waals surface area contributed by atoms with Crippen LogP contribution in [-0.4, -0.2) is 31.9 Å². The lowest BCUT2D eigenvalue weighted by Crippen LogP contribution is -2.03. The average Bonchev–Trinajstić information content (AvgIpc) is 2.31. The molecule has 0 saturated carbocycles. The van der Waals surface area contributed by atoms with Gasteiger partial charge in [-0.1, -0.05) is 0 Å². The van der Waals surface area contributed by atoms with Crippen molar-refractivity contribution in [2.75, 3.05) is 32.2 Å². The van der Waals surface area contributed by atoms with E-state index in [9.17, 15) is 0 Å². The molecule has 1 N–H and O–H groups in total. The van der Waals surface area contributed by atoms with Crippen LogP contribution in [0.3, 0.4) is 0 Å². The minimum absolute atomic E-state index is 0.650. The number of unbranched alkanes of at least 4 members (excludes halogenated alkanes) is 1. The number of hydrogen-bond donors (Lipinski definition) is 1. The first kappa shape index (κ1) is 12.8. The van der Waals surface area contributed by atoms with Crippen molar-refractivity contribution in [3.8, 4) is 5.88 Å². The van der Waals surface area contributed by atoms with E-state index >= 15 is 0 Å². The van der Waals surface area contributed by atoms with Crippen molar-refractivity contribution < 1.29 is 9.47 Å². The largest absolute Gasteiger partial charge is 0.478 e. The number of nitrogens with zero attached hydrogens (tertiary/aromatic N) is 1. The third-order valence-electron chi connectivity index (χ3n) is 2.13. The molecule has 0 spiro atoms. The maximum atomic E-state index is 5.26. The van der Waals surface area contributed by atoms with E-state index in [4.69, 9.17) is 9.47 Å². The molecule has 0 atom stereocenters. The Morgan fingerprint density at radius 2 is 2.19 bits per heavy atom. The Labute approximate surface area is 97.0 Å². The molecule has 4 heteroatoms. The fraction of sp³-hybridized carbons (Fsp3) is 0.583. The van der Waals surface area contributed by atoms with Crippen LogP contribution in [0.5, 0.6) is 5.88 Å². The van der Waals surface area contributed by atoms with Crippen molar-refractivity contribution >= 4 is 5.69 Å². The number of aromatic nitrogens is 1. The second-order valence-electron chi connectivity index (χ2n) is 3.44. The van der Waals surface area contributed by atoms with Gasteiger partial charge in [0, 0.05) is 26.3 Å². The molecule has 0 aromatic carbocycles. The molecule has 1 aromatic heterocycles. The van der Waals surface area contributed by atoms with Crippen LogP contribution in [0.2, 0.25) is 0 Å². The number of methoxy groups -OCH3 is 1. The summed E-state index contributed by atoms with van der Waals surface area (Å²) in [5.74, 6) is 0.674. The maximum absolute atomic E-state index is 5.26. The molecule has 1 aromatic rings. The van der Waals surface area contributed by atoms with Gasteiger partial charge in [0.2, 0.25) is 5.88 Å². The SMILES string of the molecule is CCOc1ccc(NCCCCOC)cn1. The molecule has 4 nitrogen and oxygen atoms in total. The molecule has 0 unspecified atom stereocenters. The minimum Gasteiger partial charge on any atom is -0.478 e. The molecule has 0 saturated heterocycles. The third kappa shape index (κ3) is 4.98. The van der Waals surface area contributed by atoms with Gasteiger partial charge in [0.1, 0.15) is 0 Å². The number of pyridine rings is 1. The summed E-state index contributed by atoms with van der Waals surface area (Å²) in [7, 11) is 1.73. The molecule has 0 aliphatic carbocycles. The standard InChI is InChI=1S/C12H20N2O2/c1-3-16-12-7-6-11(10-14-12)13-8-4-5-9-15-2/h6-7,10,13H,3-5,8-9H2,1-2H3. The zero-order chi connectivity index (χ0) is 11.6. The van der Waals surface area contributed by atoms with Gasteiger partial charge in [-0.05, 0) is 25.8 Å². The van der Waals surface area contributed by atoms with E-state index in [1.54, 1.807) is 13.3 Å². The van der Waals surface area contributed by atoms with Crippen molar-refractivity contribution in [1.29, 1.82) is 0 Å². The first-order chi connectivity index (χ1) is 7.86. The molecule has 0 bridgehead atoms. The lowest BCUT2D eigenvalue weighted by atomic mass is 10.3. The highest BCUT2D eigenvalue weighted by Crippen LogP contribution is 2.11. The van der Waals surface area contributed by atoms with Gasteiger partial charge in [0.05, 0.1) is 18.5 Å². The van der Waals surface area contributed by atoms with Crippen molar-refractivity contribution in [2.45, 2.75) is 19.8 Å². The molecule has 1 heterocycles. The normalized spacial score (nSPS) is 10.1. The van der Waals surface area contributed by atoms with Gasteiger partial charge in [-0.2, -0.15) is 0 Å². The lowest BCUT2D eigenvalue weighted by Gasteiger charge is -2.06. The van der Waals surface area contributed by atoms with Crippen LogP contribution in [0.15, 0.2) is 18.3 Å². The number of rotatable bonds is 8. The van der Waals surface area contributed by atoms with Crippen LogP contribution in [0.4, 0.5) is 5.69 Å². The third-order valence-corrected chi connectivity index (χ3v) is 2.13. The summed E-state index contributed by atoms with van der Waals surface area (Å²) in [6.07, 6.45) is 3.97. The van der Waals surface area contributed by atoms with Gasteiger partial charge in [0.25, 0.3) is 0 Å². The van der Waals surface area contributed by atoms with Gasteiger partial charge in [-0.25, -0.2) is 4.98 Å². The Balaban J connectivity index is 2.21. The molecule has 1 rings (SSSR count). The predicted molar refractivity (Wildman–Crippen MR) is 65.0 cm³/mol. The molecular weight excluding hydrogens is 204 g/mol. The van der Waals surface area contributed by atoms with Crippen LogP contribution in [-0.2, 0) is 4.74 Å². The van der Waals surface area contributed by atoms with Crippen molar-refractivity contribution in [3.05, 3.63) is 18.3 Å². The molecule has 90 valence electrons. The average molecular weight is 224 g/mol. The zero-order valence-electron chi connectivity index (χ0n) is 10.0. The van der Waals surface area contributed by atoms with Crippen LogP contribution in [0, 0.1) is 0 Å². The molecule has 0 fully saturated rings. The molecular formula is C12H20N2O2. The zero-order valence-corrected chi connectivity index (χ0v) is 10.0. The Bertz CT molecular complexity index is 275. The van der Waals surface area contributed by atoms with Crippen LogP contribution in [0.1, 0.15) is 19.8 Å².